The first-order valence-corrected chi connectivity index (χ1v) is 6.21. The predicted molar refractivity (Wildman–Crippen MR) is 70.2 cm³/mol. The Balaban J connectivity index is 0.000000230. The summed E-state index contributed by atoms with van der Waals surface area (Å²) in [6.45, 7) is 0. The Morgan fingerprint density at radius 1 is 1.22 bits per heavy atom. The first-order chi connectivity index (χ1) is 8.38. The third kappa shape index (κ3) is 4.24. The van der Waals surface area contributed by atoms with E-state index in [-0.39, 0.29) is 17.1 Å². The van der Waals surface area contributed by atoms with Gasteiger partial charge in [-0.1, -0.05) is 6.10 Å². The smallest absolute Gasteiger partial charge is 0.0887 e. The van der Waals surface area contributed by atoms with E-state index in [9.17, 15) is 5.11 Å². The molecule has 100 valence electrons. The van der Waals surface area contributed by atoms with Gasteiger partial charge < -0.3 is 34.9 Å². The molecule has 18 heavy (non-hydrogen) atoms. The summed E-state index contributed by atoms with van der Waals surface area (Å²) in [6, 6.07) is 17.6. The molecule has 1 N–H and O–H groups in total. The van der Waals surface area contributed by atoms with Crippen LogP contribution < -0.4 is 0 Å². The summed E-state index contributed by atoms with van der Waals surface area (Å²) in [4.78, 5) is 4.04. The number of rotatable bonds is 2. The van der Waals surface area contributed by atoms with Crippen molar-refractivity contribution >= 4 is 11.3 Å². The maximum Gasteiger partial charge on any atom is 0.0887 e. The van der Waals surface area contributed by atoms with Crippen molar-refractivity contribution in [3.05, 3.63) is 76.7 Å². The van der Waals surface area contributed by atoms with Gasteiger partial charge in [0, 0.05) is 28.6 Å². The molecule has 1 heterocycles. The molecule has 2 nitrogen and oxygen atoms in total. The van der Waals surface area contributed by atoms with Gasteiger partial charge in [-0.25, -0.2) is 17.1 Å². The van der Waals surface area contributed by atoms with E-state index in [1.165, 1.54) is 11.3 Å². The van der Waals surface area contributed by atoms with Gasteiger partial charge in [-0.2, -0.15) is 18.2 Å². The Bertz CT molecular complexity index is 436. The zero-order chi connectivity index (χ0) is 11.9. The minimum Gasteiger partial charge on any atom is -0.747 e. The van der Waals surface area contributed by atoms with E-state index >= 15 is 0 Å². The summed E-state index contributed by atoms with van der Waals surface area (Å²) in [6.07, 6.45) is 1.14. The fourth-order valence-electron chi connectivity index (χ4n) is 1.40. The van der Waals surface area contributed by atoms with E-state index in [1.54, 1.807) is 6.20 Å². The van der Waals surface area contributed by atoms with Gasteiger partial charge in [-0.05, 0) is 0 Å². The minimum atomic E-state index is -0.556. The van der Waals surface area contributed by atoms with Crippen LogP contribution in [0.25, 0.3) is 0 Å². The molecule has 1 aromatic heterocycles. The third-order valence-electron chi connectivity index (χ3n) is 2.25. The normalized spacial score (nSPS) is 10.9. The Morgan fingerprint density at radius 2 is 1.89 bits per heavy atom. The van der Waals surface area contributed by atoms with E-state index in [0.717, 1.165) is 10.6 Å². The molecule has 0 spiro atoms. The van der Waals surface area contributed by atoms with Gasteiger partial charge in [0.2, 0.25) is 0 Å². The van der Waals surface area contributed by atoms with Gasteiger partial charge in [-0.15, -0.1) is 11.3 Å². The summed E-state index contributed by atoms with van der Waals surface area (Å²) in [5, 5.41) is 12.3. The second-order valence-corrected chi connectivity index (χ2v) is 4.38. The summed E-state index contributed by atoms with van der Waals surface area (Å²) in [5.74, 6) is 0. The number of nitrogens with zero attached hydrogens (tertiary/aromatic N) is 1. The summed E-state index contributed by atoms with van der Waals surface area (Å²) in [5.41, 5.74) is 0.907. The topological polar surface area (TPSA) is 33.1 Å². The van der Waals surface area contributed by atoms with Crippen molar-refractivity contribution in [3.8, 4) is 0 Å². The van der Waals surface area contributed by atoms with E-state index < -0.39 is 6.10 Å². The number of hydrogen-bond donors (Lipinski definition) is 1. The molecule has 0 aliphatic heterocycles. The first kappa shape index (κ1) is 14.9. The fraction of sp³-hybridized carbons (Fsp3) is 0.0714. The molecule has 1 atom stereocenters. The molecule has 0 aliphatic rings. The van der Waals surface area contributed by atoms with Crippen LogP contribution in [0.1, 0.15) is 16.7 Å². The van der Waals surface area contributed by atoms with Crippen LogP contribution in [-0.2, 0) is 17.1 Å². The maximum atomic E-state index is 9.72. The fourth-order valence-corrected chi connectivity index (χ4v) is 2.05. The standard InChI is InChI=1S/C9H8NOS.C5H5.Fe/c11-8(7-3-1-2-4-7)9-10-5-6-12-9;1-2-4-5-3-1;/h1-6,8,11H;1-5H;/q-5;-1;. The van der Waals surface area contributed by atoms with Crippen molar-refractivity contribution in [3.63, 3.8) is 0 Å². The average Bonchev–Trinajstić information content (AvgIpc) is 3.11. The van der Waals surface area contributed by atoms with E-state index in [2.05, 4.69) is 4.98 Å². The van der Waals surface area contributed by atoms with Gasteiger partial charge in [0.25, 0.3) is 0 Å². The van der Waals surface area contributed by atoms with E-state index in [4.69, 9.17) is 0 Å². The molecule has 3 rings (SSSR count). The van der Waals surface area contributed by atoms with Crippen LogP contribution in [-0.4, -0.2) is 10.1 Å². The Kier molecular flexibility index (Phi) is 6.61. The van der Waals surface area contributed by atoms with E-state index in [1.807, 2.05) is 60.0 Å². The maximum absolute atomic E-state index is 9.72. The molecule has 0 radical (unpaired) electrons. The molecule has 0 amide bonds. The second kappa shape index (κ2) is 8.01. The van der Waals surface area contributed by atoms with Crippen molar-refractivity contribution in [2.24, 2.45) is 0 Å². The number of aromatic nitrogens is 1. The molecule has 3 aromatic rings. The van der Waals surface area contributed by atoms with Crippen molar-refractivity contribution < 1.29 is 22.2 Å². The molecule has 2 aromatic carbocycles. The SMILES string of the molecule is OC(c1nccs1)[c-]1[cH-][cH-][cH-][cH-]1.[Fe].c1cc[cH-]c1. The molecular formula is C14H13FeNOS-6. The zero-order valence-corrected chi connectivity index (χ0v) is 11.5. The molecule has 0 aliphatic carbocycles. The number of thiazole rings is 1. The van der Waals surface area contributed by atoms with Gasteiger partial charge >= 0.3 is 0 Å². The average molecular weight is 299 g/mol. The molecule has 0 bridgehead atoms. The quantitative estimate of drug-likeness (QED) is 0.581. The van der Waals surface area contributed by atoms with Crippen LogP contribution >= 0.6 is 11.3 Å². The minimum absolute atomic E-state index is 0. The monoisotopic (exact) mass is 299 g/mol. The molecular weight excluding hydrogens is 286 g/mol. The van der Waals surface area contributed by atoms with Gasteiger partial charge in [0.05, 0.1) is 5.01 Å². The van der Waals surface area contributed by atoms with Gasteiger partial charge in [-0.3, -0.25) is 0 Å². The van der Waals surface area contributed by atoms with Gasteiger partial charge in [0.15, 0.2) is 0 Å². The number of aliphatic hydroxyl groups excluding tert-OH is 1. The van der Waals surface area contributed by atoms with Crippen LogP contribution in [0.15, 0.2) is 66.2 Å². The zero-order valence-electron chi connectivity index (χ0n) is 9.58. The van der Waals surface area contributed by atoms with Crippen molar-refractivity contribution in [2.75, 3.05) is 0 Å². The molecule has 0 fully saturated rings. The largest absolute Gasteiger partial charge is 0.747 e. The van der Waals surface area contributed by atoms with Crippen molar-refractivity contribution in [2.45, 2.75) is 6.10 Å². The second-order valence-electron chi connectivity index (χ2n) is 3.45. The first-order valence-electron chi connectivity index (χ1n) is 5.33. The Morgan fingerprint density at radius 3 is 2.33 bits per heavy atom. The van der Waals surface area contributed by atoms with Gasteiger partial charge in [0.1, 0.15) is 0 Å². The summed E-state index contributed by atoms with van der Waals surface area (Å²) >= 11 is 1.47. The van der Waals surface area contributed by atoms with Crippen LogP contribution in [0.3, 0.4) is 0 Å². The third-order valence-corrected chi connectivity index (χ3v) is 3.07. The van der Waals surface area contributed by atoms with Crippen molar-refractivity contribution in [1.82, 2.24) is 4.98 Å². The van der Waals surface area contributed by atoms with E-state index in [0.29, 0.717) is 0 Å². The predicted octanol–water partition coefficient (Wildman–Crippen LogP) is 3.35. The van der Waals surface area contributed by atoms with Crippen molar-refractivity contribution in [1.29, 1.82) is 0 Å². The molecule has 0 saturated carbocycles. The Labute approximate surface area is 121 Å². The van der Waals surface area contributed by atoms with Crippen LogP contribution in [0.2, 0.25) is 0 Å². The Hall–Kier alpha value is -1.19. The number of aliphatic hydroxyl groups is 1. The molecule has 1 unspecified atom stereocenters. The molecule has 4 heteroatoms. The summed E-state index contributed by atoms with van der Waals surface area (Å²) in [7, 11) is 0. The molecule has 0 saturated heterocycles. The van der Waals surface area contributed by atoms with Crippen LogP contribution in [0.5, 0.6) is 0 Å². The van der Waals surface area contributed by atoms with Crippen LogP contribution in [0.4, 0.5) is 0 Å². The van der Waals surface area contributed by atoms with Crippen LogP contribution in [0, 0.1) is 0 Å². The number of hydrogen-bond acceptors (Lipinski definition) is 3. The summed E-state index contributed by atoms with van der Waals surface area (Å²) < 4.78 is 0.